The van der Waals surface area contributed by atoms with Crippen molar-refractivity contribution in [3.63, 3.8) is 0 Å². The van der Waals surface area contributed by atoms with E-state index in [2.05, 4.69) is 41.1 Å². The Morgan fingerprint density at radius 2 is 1.90 bits per heavy atom. The van der Waals surface area contributed by atoms with Crippen LogP contribution >= 0.6 is 0 Å². The number of nitrogens with one attached hydrogen (secondary N) is 1. The predicted molar refractivity (Wildman–Crippen MR) is 118 cm³/mol. The molecule has 1 aromatic heterocycles. The molecule has 0 saturated heterocycles. The number of hydrogen-bond donors (Lipinski definition) is 1. The van der Waals surface area contributed by atoms with Gasteiger partial charge in [0.2, 0.25) is 0 Å². The summed E-state index contributed by atoms with van der Waals surface area (Å²) in [5, 5.41) is 7.92. The summed E-state index contributed by atoms with van der Waals surface area (Å²) in [6.45, 7) is 6.26. The van der Waals surface area contributed by atoms with E-state index >= 15 is 0 Å². The Kier molecular flexibility index (Phi) is 4.93. The van der Waals surface area contributed by atoms with Crippen LogP contribution in [0.25, 0.3) is 0 Å². The van der Waals surface area contributed by atoms with Crippen LogP contribution in [-0.4, -0.2) is 28.9 Å². The largest absolute Gasteiger partial charge is 0.486 e. The minimum absolute atomic E-state index is 0.0617. The molecule has 0 bridgehead atoms. The maximum absolute atomic E-state index is 13.1. The first-order chi connectivity index (χ1) is 15.0. The van der Waals surface area contributed by atoms with Gasteiger partial charge in [-0.05, 0) is 42.0 Å². The fraction of sp³-hybridized carbons (Fsp3) is 0.360. The number of hydrogen-bond acceptors (Lipinski definition) is 4. The van der Waals surface area contributed by atoms with Crippen molar-refractivity contribution in [2.75, 3.05) is 13.2 Å². The normalized spacial score (nSPS) is 18.8. The van der Waals surface area contributed by atoms with Crippen LogP contribution in [0.3, 0.4) is 0 Å². The highest BCUT2D eigenvalue weighted by atomic mass is 16.6. The molecule has 1 aliphatic carbocycles. The third-order valence-corrected chi connectivity index (χ3v) is 6.04. The summed E-state index contributed by atoms with van der Waals surface area (Å²) in [5.41, 5.74) is 4.17. The van der Waals surface area contributed by atoms with Gasteiger partial charge in [-0.1, -0.05) is 44.2 Å². The van der Waals surface area contributed by atoms with Crippen molar-refractivity contribution in [1.29, 1.82) is 0 Å². The summed E-state index contributed by atoms with van der Waals surface area (Å²) in [6, 6.07) is 15.6. The Balaban J connectivity index is 1.40. The van der Waals surface area contributed by atoms with Crippen LogP contribution in [0, 0.1) is 5.41 Å². The Morgan fingerprint density at radius 1 is 1.13 bits per heavy atom. The van der Waals surface area contributed by atoms with Crippen molar-refractivity contribution in [2.24, 2.45) is 5.41 Å². The molecule has 2 heterocycles. The third kappa shape index (κ3) is 4.02. The summed E-state index contributed by atoms with van der Waals surface area (Å²) in [7, 11) is 0. The number of aromatic nitrogens is 2. The van der Waals surface area contributed by atoms with Crippen LogP contribution in [0.1, 0.15) is 53.5 Å². The fourth-order valence-corrected chi connectivity index (χ4v) is 4.55. The van der Waals surface area contributed by atoms with E-state index in [4.69, 9.17) is 9.47 Å². The minimum Gasteiger partial charge on any atom is -0.486 e. The number of carbonyl (C=O) groups is 1. The topological polar surface area (TPSA) is 65.4 Å². The van der Waals surface area contributed by atoms with E-state index in [1.54, 1.807) is 18.2 Å². The molecular formula is C25H27N3O3. The maximum Gasteiger partial charge on any atom is 0.251 e. The molecule has 6 nitrogen and oxygen atoms in total. The second kappa shape index (κ2) is 7.76. The average Bonchev–Trinajstić information content (AvgIpc) is 3.15. The highest BCUT2D eigenvalue weighted by Gasteiger charge is 2.36. The van der Waals surface area contributed by atoms with Gasteiger partial charge in [0.1, 0.15) is 13.2 Å². The SMILES string of the molecule is CC1(C)Cc2c(cnn2Cc2ccccc2)[C@H](NC(=O)c2ccc3c(c2)OCCO3)C1. The summed E-state index contributed by atoms with van der Waals surface area (Å²) >= 11 is 0. The fourth-order valence-electron chi connectivity index (χ4n) is 4.55. The molecule has 5 rings (SSSR count). The number of ether oxygens (including phenoxy) is 2. The lowest BCUT2D eigenvalue weighted by molar-refractivity contribution is 0.0917. The second-order valence-electron chi connectivity index (χ2n) is 9.12. The molecule has 3 aromatic rings. The van der Waals surface area contributed by atoms with Gasteiger partial charge in [0.25, 0.3) is 5.91 Å². The minimum atomic E-state index is -0.110. The Labute approximate surface area is 182 Å². The van der Waals surface area contributed by atoms with Crippen molar-refractivity contribution < 1.29 is 14.3 Å². The number of fused-ring (bicyclic) bond motifs is 2. The van der Waals surface area contributed by atoms with Crippen LogP contribution in [0.2, 0.25) is 0 Å². The van der Waals surface area contributed by atoms with Gasteiger partial charge in [-0.15, -0.1) is 0 Å². The highest BCUT2D eigenvalue weighted by Crippen LogP contribution is 2.41. The molecule has 1 atom stereocenters. The molecule has 31 heavy (non-hydrogen) atoms. The van der Waals surface area contributed by atoms with Crippen molar-refractivity contribution in [1.82, 2.24) is 15.1 Å². The first-order valence-corrected chi connectivity index (χ1v) is 10.8. The molecule has 0 radical (unpaired) electrons. The van der Waals surface area contributed by atoms with E-state index in [0.717, 1.165) is 24.9 Å². The summed E-state index contributed by atoms with van der Waals surface area (Å²) < 4.78 is 13.3. The smallest absolute Gasteiger partial charge is 0.251 e. The standard InChI is InChI=1S/C25H27N3O3/c1-25(2)13-20(27-24(29)18-8-9-22-23(12-18)31-11-10-30-22)19-15-26-28(21(19)14-25)16-17-6-4-3-5-7-17/h3-9,12,15,20H,10-11,13-14,16H2,1-2H3,(H,27,29)/t20-/m1/s1. The van der Waals surface area contributed by atoms with Gasteiger partial charge in [-0.3, -0.25) is 9.48 Å². The van der Waals surface area contributed by atoms with E-state index in [-0.39, 0.29) is 17.4 Å². The first kappa shape index (κ1) is 19.7. The Hall–Kier alpha value is -3.28. The zero-order valence-electron chi connectivity index (χ0n) is 17.9. The zero-order chi connectivity index (χ0) is 21.4. The maximum atomic E-state index is 13.1. The molecule has 1 amide bonds. The van der Waals surface area contributed by atoms with Gasteiger partial charge in [-0.2, -0.15) is 5.10 Å². The van der Waals surface area contributed by atoms with E-state index < -0.39 is 0 Å². The summed E-state index contributed by atoms with van der Waals surface area (Å²) in [5.74, 6) is 1.20. The third-order valence-electron chi connectivity index (χ3n) is 6.04. The van der Waals surface area contributed by atoms with Gasteiger partial charge in [-0.25, -0.2) is 0 Å². The predicted octanol–water partition coefficient (Wildman–Crippen LogP) is 4.15. The molecule has 2 aliphatic rings. The molecule has 1 N–H and O–H groups in total. The summed E-state index contributed by atoms with van der Waals surface area (Å²) in [6.07, 6.45) is 3.72. The van der Waals surface area contributed by atoms with Crippen molar-refractivity contribution in [3.8, 4) is 11.5 Å². The quantitative estimate of drug-likeness (QED) is 0.693. The number of nitrogens with zero attached hydrogens (tertiary/aromatic N) is 2. The second-order valence-corrected chi connectivity index (χ2v) is 9.12. The average molecular weight is 418 g/mol. The Bertz CT molecular complexity index is 1100. The highest BCUT2D eigenvalue weighted by molar-refractivity contribution is 5.95. The lowest BCUT2D eigenvalue weighted by Gasteiger charge is -2.36. The summed E-state index contributed by atoms with van der Waals surface area (Å²) in [4.78, 5) is 13.1. The van der Waals surface area contributed by atoms with Crippen molar-refractivity contribution >= 4 is 5.91 Å². The molecule has 6 heteroatoms. The Morgan fingerprint density at radius 3 is 2.71 bits per heavy atom. The van der Waals surface area contributed by atoms with Crippen LogP contribution in [0.5, 0.6) is 11.5 Å². The lowest BCUT2D eigenvalue weighted by Crippen LogP contribution is -2.37. The molecule has 0 saturated carbocycles. The number of amides is 1. The molecule has 0 unspecified atom stereocenters. The first-order valence-electron chi connectivity index (χ1n) is 10.8. The number of rotatable bonds is 4. The van der Waals surface area contributed by atoms with Gasteiger partial charge >= 0.3 is 0 Å². The molecule has 160 valence electrons. The van der Waals surface area contributed by atoms with Gasteiger partial charge in [0.15, 0.2) is 11.5 Å². The van der Waals surface area contributed by atoms with E-state index in [1.165, 1.54) is 11.3 Å². The van der Waals surface area contributed by atoms with Crippen molar-refractivity contribution in [3.05, 3.63) is 77.1 Å². The van der Waals surface area contributed by atoms with Crippen LogP contribution in [0.4, 0.5) is 0 Å². The van der Waals surface area contributed by atoms with E-state index in [0.29, 0.717) is 30.3 Å². The number of benzene rings is 2. The molecule has 0 spiro atoms. The monoisotopic (exact) mass is 417 g/mol. The lowest BCUT2D eigenvalue weighted by atomic mass is 9.74. The van der Waals surface area contributed by atoms with Crippen molar-refractivity contribution in [2.45, 2.75) is 39.3 Å². The van der Waals surface area contributed by atoms with E-state index in [1.807, 2.05) is 24.4 Å². The number of carbonyl (C=O) groups excluding carboxylic acids is 1. The van der Waals surface area contributed by atoms with Gasteiger partial charge in [0.05, 0.1) is 18.8 Å². The van der Waals surface area contributed by atoms with Gasteiger partial charge in [0, 0.05) is 16.8 Å². The van der Waals surface area contributed by atoms with Crippen LogP contribution in [0.15, 0.2) is 54.7 Å². The van der Waals surface area contributed by atoms with E-state index in [9.17, 15) is 4.79 Å². The molecule has 2 aromatic carbocycles. The van der Waals surface area contributed by atoms with Crippen LogP contribution < -0.4 is 14.8 Å². The van der Waals surface area contributed by atoms with Gasteiger partial charge < -0.3 is 14.8 Å². The molecule has 0 fully saturated rings. The molecular weight excluding hydrogens is 390 g/mol. The van der Waals surface area contributed by atoms with Crippen LogP contribution in [-0.2, 0) is 13.0 Å². The zero-order valence-corrected chi connectivity index (χ0v) is 17.9. The molecule has 1 aliphatic heterocycles.